The summed E-state index contributed by atoms with van der Waals surface area (Å²) in [4.78, 5) is 5.49. The highest BCUT2D eigenvalue weighted by Gasteiger charge is 2.18. The zero-order valence-corrected chi connectivity index (χ0v) is 16.2. The van der Waals surface area contributed by atoms with Crippen molar-refractivity contribution in [1.82, 2.24) is 10.2 Å². The molecule has 0 saturated heterocycles. The second-order valence-corrected chi connectivity index (χ2v) is 7.45. The Bertz CT molecular complexity index is 704. The van der Waals surface area contributed by atoms with Crippen LogP contribution < -0.4 is 19.7 Å². The highest BCUT2D eigenvalue weighted by atomic mass is 32.1. The molecule has 1 aromatic carbocycles. The summed E-state index contributed by atoms with van der Waals surface area (Å²) in [6.45, 7) is 3.62. The minimum atomic E-state index is 0.576. The Morgan fingerprint density at radius 3 is 2.72 bits per heavy atom. The average Bonchev–Trinajstić information content (AvgIpc) is 3.12. The van der Waals surface area contributed by atoms with E-state index in [1.54, 1.807) is 11.3 Å². The molecular weight excluding hydrogens is 354 g/mol. The fourth-order valence-electron chi connectivity index (χ4n) is 2.52. The highest BCUT2D eigenvalue weighted by molar-refractivity contribution is 7.80. The molecule has 0 aliphatic carbocycles. The third-order valence-corrected chi connectivity index (χ3v) is 5.04. The van der Waals surface area contributed by atoms with Crippen LogP contribution in [-0.4, -0.2) is 50.4 Å². The third-order valence-electron chi connectivity index (χ3n) is 3.81. The van der Waals surface area contributed by atoms with E-state index in [4.69, 9.17) is 21.7 Å². The van der Waals surface area contributed by atoms with Gasteiger partial charge in [0.1, 0.15) is 13.2 Å². The lowest BCUT2D eigenvalue weighted by Crippen LogP contribution is -2.41. The van der Waals surface area contributed by atoms with E-state index in [1.165, 1.54) is 4.88 Å². The van der Waals surface area contributed by atoms with Crippen molar-refractivity contribution in [2.24, 2.45) is 0 Å². The predicted octanol–water partition coefficient (Wildman–Crippen LogP) is 2.96. The van der Waals surface area contributed by atoms with Gasteiger partial charge in [0.25, 0.3) is 0 Å². The molecule has 0 unspecified atom stereocenters. The maximum atomic E-state index is 5.72. The van der Waals surface area contributed by atoms with Crippen LogP contribution in [-0.2, 0) is 6.54 Å². The zero-order chi connectivity index (χ0) is 17.6. The highest BCUT2D eigenvalue weighted by Crippen LogP contribution is 2.34. The molecule has 0 radical (unpaired) electrons. The summed E-state index contributed by atoms with van der Waals surface area (Å²) in [6.07, 6.45) is 0. The Kier molecular flexibility index (Phi) is 6.12. The van der Waals surface area contributed by atoms with Crippen molar-refractivity contribution < 1.29 is 9.47 Å². The Labute approximate surface area is 158 Å². The number of ether oxygens (including phenoxy) is 2. The van der Waals surface area contributed by atoms with Crippen molar-refractivity contribution in [3.8, 4) is 11.5 Å². The van der Waals surface area contributed by atoms with Gasteiger partial charge in [0.2, 0.25) is 0 Å². The van der Waals surface area contributed by atoms with Crippen molar-refractivity contribution in [2.45, 2.75) is 6.54 Å². The van der Waals surface area contributed by atoms with Crippen LogP contribution in [0.3, 0.4) is 0 Å². The Morgan fingerprint density at radius 1 is 1.20 bits per heavy atom. The molecule has 0 spiro atoms. The van der Waals surface area contributed by atoms with Gasteiger partial charge in [-0.15, -0.1) is 11.3 Å². The second kappa shape index (κ2) is 8.51. The first-order chi connectivity index (χ1) is 12.1. The van der Waals surface area contributed by atoms with E-state index in [0.717, 1.165) is 36.8 Å². The largest absolute Gasteiger partial charge is 0.486 e. The van der Waals surface area contributed by atoms with Gasteiger partial charge < -0.3 is 24.6 Å². The Balaban J connectivity index is 1.79. The molecule has 1 N–H and O–H groups in total. The molecule has 3 rings (SSSR count). The topological polar surface area (TPSA) is 37.0 Å². The van der Waals surface area contributed by atoms with Gasteiger partial charge >= 0.3 is 0 Å². The fourth-order valence-corrected chi connectivity index (χ4v) is 3.49. The monoisotopic (exact) mass is 377 g/mol. The summed E-state index contributed by atoms with van der Waals surface area (Å²) < 4.78 is 11.3. The molecule has 7 heteroatoms. The number of hydrogen-bond donors (Lipinski definition) is 1. The maximum absolute atomic E-state index is 5.72. The molecule has 2 aromatic rings. The molecule has 25 heavy (non-hydrogen) atoms. The minimum absolute atomic E-state index is 0.576. The van der Waals surface area contributed by atoms with Gasteiger partial charge in [0.05, 0.1) is 6.54 Å². The second-order valence-electron chi connectivity index (χ2n) is 6.03. The number of rotatable bonds is 6. The summed E-state index contributed by atoms with van der Waals surface area (Å²) in [6, 6.07) is 10.2. The van der Waals surface area contributed by atoms with Crippen molar-refractivity contribution in [2.75, 3.05) is 45.3 Å². The lowest BCUT2D eigenvalue weighted by atomic mass is 10.2. The van der Waals surface area contributed by atoms with E-state index in [1.807, 2.05) is 18.2 Å². The smallest absolute Gasteiger partial charge is 0.173 e. The normalized spacial score (nSPS) is 12.9. The molecule has 1 aliphatic heterocycles. The summed E-state index contributed by atoms with van der Waals surface area (Å²) >= 11 is 7.39. The van der Waals surface area contributed by atoms with Crippen LogP contribution in [0.5, 0.6) is 11.5 Å². The third kappa shape index (κ3) is 4.84. The molecule has 0 bridgehead atoms. The van der Waals surface area contributed by atoms with Gasteiger partial charge in [-0.25, -0.2) is 0 Å². The summed E-state index contributed by atoms with van der Waals surface area (Å²) in [7, 11) is 4.10. The van der Waals surface area contributed by atoms with E-state index in [2.05, 4.69) is 46.7 Å². The lowest BCUT2D eigenvalue weighted by Gasteiger charge is -2.27. The summed E-state index contributed by atoms with van der Waals surface area (Å²) in [5.41, 5.74) is 1.00. The van der Waals surface area contributed by atoms with E-state index >= 15 is 0 Å². The molecular formula is C18H23N3O2S2. The minimum Gasteiger partial charge on any atom is -0.486 e. The number of thiophene rings is 1. The Hall–Kier alpha value is -1.83. The Morgan fingerprint density at radius 2 is 2.00 bits per heavy atom. The van der Waals surface area contributed by atoms with Gasteiger partial charge in [0, 0.05) is 29.7 Å². The first-order valence-corrected chi connectivity index (χ1v) is 9.54. The van der Waals surface area contributed by atoms with Crippen LogP contribution in [0.25, 0.3) is 0 Å². The number of benzene rings is 1. The molecule has 134 valence electrons. The number of fused-ring (bicyclic) bond motifs is 1. The van der Waals surface area contributed by atoms with Crippen molar-refractivity contribution in [1.29, 1.82) is 0 Å². The van der Waals surface area contributed by atoms with Gasteiger partial charge in [-0.2, -0.15) is 0 Å². The van der Waals surface area contributed by atoms with Gasteiger partial charge in [-0.05, 0) is 49.9 Å². The van der Waals surface area contributed by atoms with E-state index in [-0.39, 0.29) is 0 Å². The van der Waals surface area contributed by atoms with Crippen LogP contribution in [0.4, 0.5) is 5.69 Å². The molecule has 0 atom stereocenters. The van der Waals surface area contributed by atoms with Crippen LogP contribution in [0.15, 0.2) is 35.7 Å². The van der Waals surface area contributed by atoms with Crippen molar-refractivity contribution >= 4 is 34.4 Å². The first-order valence-electron chi connectivity index (χ1n) is 8.25. The van der Waals surface area contributed by atoms with Crippen LogP contribution in [0, 0.1) is 0 Å². The predicted molar refractivity (Wildman–Crippen MR) is 107 cm³/mol. The lowest BCUT2D eigenvalue weighted by molar-refractivity contribution is 0.171. The number of likely N-dealkylation sites (N-methyl/N-ethyl adjacent to an activating group) is 1. The number of thiocarbonyl (C=S) groups is 1. The zero-order valence-electron chi connectivity index (χ0n) is 14.5. The molecule has 0 saturated carbocycles. The molecule has 5 nitrogen and oxygen atoms in total. The van der Waals surface area contributed by atoms with E-state index in [0.29, 0.717) is 18.3 Å². The molecule has 1 aliphatic rings. The number of nitrogens with zero attached hydrogens (tertiary/aromatic N) is 2. The van der Waals surface area contributed by atoms with Gasteiger partial charge in [0.15, 0.2) is 16.6 Å². The average molecular weight is 378 g/mol. The summed E-state index contributed by atoms with van der Waals surface area (Å²) in [5.74, 6) is 1.56. The van der Waals surface area contributed by atoms with E-state index in [9.17, 15) is 0 Å². The molecule has 2 heterocycles. The van der Waals surface area contributed by atoms with Crippen molar-refractivity contribution in [3.05, 3.63) is 40.6 Å². The first kappa shape index (κ1) is 18.0. The fraction of sp³-hybridized carbons (Fsp3) is 0.389. The maximum Gasteiger partial charge on any atom is 0.173 e. The summed E-state index contributed by atoms with van der Waals surface area (Å²) in [5, 5.41) is 6.15. The molecule has 0 amide bonds. The quantitative estimate of drug-likeness (QED) is 0.780. The van der Waals surface area contributed by atoms with Crippen LogP contribution in [0.1, 0.15) is 4.88 Å². The molecule has 1 aromatic heterocycles. The number of anilines is 1. The van der Waals surface area contributed by atoms with Crippen LogP contribution in [0.2, 0.25) is 0 Å². The number of hydrogen-bond acceptors (Lipinski definition) is 5. The van der Waals surface area contributed by atoms with Gasteiger partial charge in [-0.3, -0.25) is 0 Å². The SMILES string of the molecule is CN(C)CCNC(=S)N(Cc1cccs1)c1ccc2c(c1)OCCO2. The van der Waals surface area contributed by atoms with Gasteiger partial charge in [-0.1, -0.05) is 6.07 Å². The van der Waals surface area contributed by atoms with Crippen LogP contribution >= 0.6 is 23.6 Å². The number of nitrogens with one attached hydrogen (secondary N) is 1. The van der Waals surface area contributed by atoms with Crippen molar-refractivity contribution in [3.63, 3.8) is 0 Å². The molecule has 0 fully saturated rings. The van der Waals surface area contributed by atoms with E-state index < -0.39 is 0 Å². The standard InChI is InChI=1S/C18H23N3O2S2/c1-20(2)8-7-19-18(24)21(13-15-4-3-11-25-15)14-5-6-16-17(12-14)23-10-9-22-16/h3-6,11-12H,7-10,13H2,1-2H3,(H,19,24).